The first-order valence-corrected chi connectivity index (χ1v) is 10.3. The largest absolute Gasteiger partial charge is 0.451 e. The van der Waals surface area contributed by atoms with Crippen molar-refractivity contribution in [3.05, 3.63) is 93.6 Å². The van der Waals surface area contributed by atoms with E-state index in [9.17, 15) is 18.0 Å². The van der Waals surface area contributed by atoms with Gasteiger partial charge in [0.15, 0.2) is 10.9 Å². The van der Waals surface area contributed by atoms with Crippen molar-refractivity contribution < 1.29 is 22.4 Å². The molecule has 0 radical (unpaired) electrons. The van der Waals surface area contributed by atoms with Gasteiger partial charge >= 0.3 is 6.18 Å². The van der Waals surface area contributed by atoms with Gasteiger partial charge in [0, 0.05) is 28.1 Å². The molecule has 4 rings (SSSR count). The third-order valence-electron chi connectivity index (χ3n) is 4.39. The van der Waals surface area contributed by atoms with Crippen LogP contribution in [-0.4, -0.2) is 10.9 Å². The zero-order valence-corrected chi connectivity index (χ0v) is 17.3. The molecule has 1 N–H and O–H groups in total. The second-order valence-corrected chi connectivity index (χ2v) is 8.15. The lowest BCUT2D eigenvalue weighted by Gasteiger charge is -2.10. The Balaban J connectivity index is 1.47. The van der Waals surface area contributed by atoms with E-state index >= 15 is 0 Å². The van der Waals surface area contributed by atoms with Crippen LogP contribution in [0, 0.1) is 0 Å². The maximum Gasteiger partial charge on any atom is 0.417 e. The number of furan rings is 1. The minimum Gasteiger partial charge on any atom is -0.451 e. The van der Waals surface area contributed by atoms with Crippen LogP contribution in [0.1, 0.15) is 26.6 Å². The number of alkyl halides is 3. The Morgan fingerprint density at radius 1 is 1.06 bits per heavy atom. The van der Waals surface area contributed by atoms with Gasteiger partial charge in [-0.25, -0.2) is 4.98 Å². The Morgan fingerprint density at radius 3 is 2.55 bits per heavy atom. The molecule has 9 heteroatoms. The molecule has 0 saturated heterocycles. The van der Waals surface area contributed by atoms with Gasteiger partial charge in [0.2, 0.25) is 0 Å². The molecule has 0 atom stereocenters. The van der Waals surface area contributed by atoms with E-state index in [1.807, 2.05) is 12.1 Å². The summed E-state index contributed by atoms with van der Waals surface area (Å²) < 4.78 is 45.1. The highest BCUT2D eigenvalue weighted by Gasteiger charge is 2.34. The number of nitrogens with zero attached hydrogens (tertiary/aromatic N) is 1. The first kappa shape index (κ1) is 21.1. The average Bonchev–Trinajstić information content (AvgIpc) is 3.39. The van der Waals surface area contributed by atoms with Crippen LogP contribution < -0.4 is 5.32 Å². The molecule has 2 heterocycles. The molecule has 31 heavy (non-hydrogen) atoms. The van der Waals surface area contributed by atoms with Crippen molar-refractivity contribution in [3.63, 3.8) is 0 Å². The summed E-state index contributed by atoms with van der Waals surface area (Å²) in [7, 11) is 0. The second-order valence-electron chi connectivity index (χ2n) is 6.60. The fraction of sp³-hybridized carbons (Fsp3) is 0.0909. The minimum atomic E-state index is -4.53. The van der Waals surface area contributed by atoms with Crippen molar-refractivity contribution in [2.24, 2.45) is 0 Å². The molecule has 0 unspecified atom stereocenters. The van der Waals surface area contributed by atoms with E-state index in [1.165, 1.54) is 41.7 Å². The molecule has 4 nitrogen and oxygen atoms in total. The van der Waals surface area contributed by atoms with Crippen LogP contribution in [0.4, 0.5) is 18.3 Å². The molecule has 0 aliphatic heterocycles. The summed E-state index contributed by atoms with van der Waals surface area (Å²) in [5.74, 6) is -0.745. The van der Waals surface area contributed by atoms with Crippen molar-refractivity contribution in [1.29, 1.82) is 0 Å². The Labute approximate surface area is 184 Å². The first-order chi connectivity index (χ1) is 14.8. The number of anilines is 1. The van der Waals surface area contributed by atoms with E-state index in [4.69, 9.17) is 16.0 Å². The van der Waals surface area contributed by atoms with E-state index in [2.05, 4.69) is 10.3 Å². The number of carbonyl (C=O) groups excluding carboxylic acids is 1. The number of thiazole rings is 1. The number of carbonyl (C=O) groups is 1. The highest BCUT2D eigenvalue weighted by atomic mass is 35.5. The van der Waals surface area contributed by atoms with Gasteiger partial charge in [0.25, 0.3) is 5.91 Å². The molecule has 0 aliphatic carbocycles. The van der Waals surface area contributed by atoms with Gasteiger partial charge in [-0.1, -0.05) is 41.9 Å². The summed E-state index contributed by atoms with van der Waals surface area (Å²) in [5.41, 5.74) is 0.0848. The standard InChI is InChI=1S/C22H14ClF3N2O2S/c23-14-7-5-13(6-8-14)11-15-12-27-21(31-15)28-20(29)19-10-9-18(30-19)16-3-1-2-4-17(16)22(24,25)26/h1-10,12H,11H2,(H,27,28,29). The summed E-state index contributed by atoms with van der Waals surface area (Å²) >= 11 is 7.18. The van der Waals surface area contributed by atoms with E-state index in [1.54, 1.807) is 18.3 Å². The number of aromatic nitrogens is 1. The maximum atomic E-state index is 13.2. The Hall–Kier alpha value is -3.10. The highest BCUT2D eigenvalue weighted by molar-refractivity contribution is 7.15. The number of rotatable bonds is 5. The summed E-state index contributed by atoms with van der Waals surface area (Å²) in [6, 6.07) is 15.1. The smallest absolute Gasteiger partial charge is 0.417 e. The zero-order chi connectivity index (χ0) is 22.0. The summed E-state index contributed by atoms with van der Waals surface area (Å²) in [6.45, 7) is 0. The van der Waals surface area contributed by atoms with Crippen LogP contribution in [0.2, 0.25) is 5.02 Å². The van der Waals surface area contributed by atoms with Gasteiger partial charge in [-0.2, -0.15) is 13.2 Å². The van der Waals surface area contributed by atoms with E-state index in [0.29, 0.717) is 16.6 Å². The fourth-order valence-corrected chi connectivity index (χ4v) is 3.93. The zero-order valence-electron chi connectivity index (χ0n) is 15.7. The predicted octanol–water partition coefficient (Wildman–Crippen LogP) is 6.92. The third-order valence-corrected chi connectivity index (χ3v) is 5.56. The predicted molar refractivity (Wildman–Crippen MR) is 113 cm³/mol. The van der Waals surface area contributed by atoms with Crippen molar-refractivity contribution in [2.75, 3.05) is 5.32 Å². The van der Waals surface area contributed by atoms with E-state index in [-0.39, 0.29) is 17.1 Å². The lowest BCUT2D eigenvalue weighted by molar-refractivity contribution is -0.137. The number of hydrogen-bond acceptors (Lipinski definition) is 4. The van der Waals surface area contributed by atoms with Gasteiger partial charge < -0.3 is 4.42 Å². The molecule has 2 aromatic carbocycles. The lowest BCUT2D eigenvalue weighted by Crippen LogP contribution is -2.10. The van der Waals surface area contributed by atoms with Crippen LogP contribution in [0.25, 0.3) is 11.3 Å². The number of halogens is 4. The van der Waals surface area contributed by atoms with Crippen LogP contribution >= 0.6 is 22.9 Å². The van der Waals surface area contributed by atoms with Crippen molar-refractivity contribution >= 4 is 34.0 Å². The molecular weight excluding hydrogens is 449 g/mol. The molecule has 2 aromatic heterocycles. The van der Waals surface area contributed by atoms with Crippen LogP contribution in [0.5, 0.6) is 0 Å². The van der Waals surface area contributed by atoms with Gasteiger partial charge in [-0.3, -0.25) is 10.1 Å². The summed E-state index contributed by atoms with van der Waals surface area (Å²) in [6.07, 6.45) is -2.25. The molecule has 1 amide bonds. The topological polar surface area (TPSA) is 55.1 Å². The van der Waals surface area contributed by atoms with Gasteiger partial charge in [0.1, 0.15) is 5.76 Å². The minimum absolute atomic E-state index is 0.0411. The molecule has 0 saturated carbocycles. The Kier molecular flexibility index (Phi) is 5.84. The third kappa shape index (κ3) is 4.98. The molecule has 0 spiro atoms. The SMILES string of the molecule is O=C(Nc1ncc(Cc2ccc(Cl)cc2)s1)c1ccc(-c2ccccc2C(F)(F)F)o1. The Morgan fingerprint density at radius 2 is 1.81 bits per heavy atom. The van der Waals surface area contributed by atoms with Crippen molar-refractivity contribution in [3.8, 4) is 11.3 Å². The molecule has 0 aliphatic rings. The van der Waals surface area contributed by atoms with Crippen molar-refractivity contribution in [2.45, 2.75) is 12.6 Å². The van der Waals surface area contributed by atoms with Crippen LogP contribution in [0.3, 0.4) is 0 Å². The Bertz CT molecular complexity index is 1220. The molecule has 158 valence electrons. The number of hydrogen-bond donors (Lipinski definition) is 1. The van der Waals surface area contributed by atoms with Gasteiger partial charge in [-0.05, 0) is 35.9 Å². The second kappa shape index (κ2) is 8.56. The van der Waals surface area contributed by atoms with Gasteiger partial charge in [-0.15, -0.1) is 11.3 Å². The van der Waals surface area contributed by atoms with E-state index < -0.39 is 17.6 Å². The van der Waals surface area contributed by atoms with Crippen LogP contribution in [-0.2, 0) is 12.6 Å². The quantitative estimate of drug-likeness (QED) is 0.350. The van der Waals surface area contributed by atoms with Crippen LogP contribution in [0.15, 0.2) is 71.3 Å². The molecule has 0 fully saturated rings. The average molecular weight is 463 g/mol. The van der Waals surface area contributed by atoms with E-state index in [0.717, 1.165) is 16.5 Å². The fourth-order valence-electron chi connectivity index (χ4n) is 2.96. The first-order valence-electron chi connectivity index (χ1n) is 9.06. The number of benzene rings is 2. The lowest BCUT2D eigenvalue weighted by atomic mass is 10.1. The maximum absolute atomic E-state index is 13.2. The number of amides is 1. The monoisotopic (exact) mass is 462 g/mol. The normalized spacial score (nSPS) is 11.5. The number of nitrogens with one attached hydrogen (secondary N) is 1. The van der Waals surface area contributed by atoms with Gasteiger partial charge in [0.05, 0.1) is 5.56 Å². The molecular formula is C22H14ClF3N2O2S. The summed E-state index contributed by atoms with van der Waals surface area (Å²) in [4.78, 5) is 17.6. The molecule has 4 aromatic rings. The highest BCUT2D eigenvalue weighted by Crippen LogP contribution is 2.37. The molecule has 0 bridgehead atoms. The van der Waals surface area contributed by atoms with Crippen molar-refractivity contribution in [1.82, 2.24) is 4.98 Å². The summed E-state index contributed by atoms with van der Waals surface area (Å²) in [5, 5.41) is 3.63.